The van der Waals surface area contributed by atoms with Crippen molar-refractivity contribution in [2.75, 3.05) is 18.1 Å². The average molecular weight is 427 g/mol. The lowest BCUT2D eigenvalue weighted by atomic mass is 10.1. The highest BCUT2D eigenvalue weighted by molar-refractivity contribution is 8.14. The van der Waals surface area contributed by atoms with Gasteiger partial charge in [-0.15, -0.1) is 12.4 Å². The van der Waals surface area contributed by atoms with E-state index in [0.29, 0.717) is 18.2 Å². The highest BCUT2D eigenvalue weighted by Gasteiger charge is 2.29. The number of halogens is 1. The van der Waals surface area contributed by atoms with Gasteiger partial charge in [-0.1, -0.05) is 37.4 Å². The number of thioether (sulfide) groups is 1. The van der Waals surface area contributed by atoms with Crippen molar-refractivity contribution in [2.45, 2.75) is 57.0 Å². The molecule has 1 saturated carbocycles. The molecule has 1 aliphatic heterocycles. The molecule has 1 amide bonds. The number of amidine groups is 1. The van der Waals surface area contributed by atoms with Crippen LogP contribution in [0.1, 0.15) is 44.9 Å². The number of rotatable bonds is 5. The zero-order valence-corrected chi connectivity index (χ0v) is 17.6. The molecule has 7 nitrogen and oxygen atoms in total. The number of amides is 1. The summed E-state index contributed by atoms with van der Waals surface area (Å²) in [5.74, 6) is 0.771. The molecule has 0 spiro atoms. The monoisotopic (exact) mass is 426 g/mol. The standard InChI is InChI=1S/C19H26N4O3S.ClH/c1-22-17(13-27-19(22)21-14-6-4-2-3-5-7-14)12-18(24)20-15-8-10-16(11-9-15)23(25)26;/h8-11,14,17H,2-7,12-13H2,1H3,(H,20,24);1H. The molecule has 2 aliphatic rings. The van der Waals surface area contributed by atoms with Crippen LogP contribution in [0, 0.1) is 10.1 Å². The Balaban J connectivity index is 0.00000280. The molecular weight excluding hydrogens is 400 g/mol. The van der Waals surface area contributed by atoms with E-state index in [9.17, 15) is 14.9 Å². The molecule has 154 valence electrons. The van der Waals surface area contributed by atoms with Crippen molar-refractivity contribution < 1.29 is 9.72 Å². The van der Waals surface area contributed by atoms with Gasteiger partial charge in [0, 0.05) is 43.1 Å². The summed E-state index contributed by atoms with van der Waals surface area (Å²) >= 11 is 1.73. The molecule has 1 aromatic rings. The molecular formula is C19H27ClN4O3S. The van der Waals surface area contributed by atoms with Gasteiger partial charge in [-0.2, -0.15) is 0 Å². The minimum Gasteiger partial charge on any atom is -0.350 e. The first-order valence-corrected chi connectivity index (χ1v) is 10.5. The Bertz CT molecular complexity index is 706. The number of carbonyl (C=O) groups excluding carboxylic acids is 1. The van der Waals surface area contributed by atoms with E-state index in [2.05, 4.69) is 10.2 Å². The molecule has 0 aromatic heterocycles. The number of nitrogens with one attached hydrogen (secondary N) is 1. The van der Waals surface area contributed by atoms with Gasteiger partial charge in [0.05, 0.1) is 11.0 Å². The predicted octanol–water partition coefficient (Wildman–Crippen LogP) is 4.47. The van der Waals surface area contributed by atoms with Crippen molar-refractivity contribution in [1.82, 2.24) is 4.90 Å². The number of nitro groups is 1. The number of nitro benzene ring substituents is 1. The Morgan fingerprint density at radius 2 is 1.89 bits per heavy atom. The number of carbonyl (C=O) groups is 1. The fourth-order valence-electron chi connectivity index (χ4n) is 3.50. The molecule has 1 aliphatic carbocycles. The lowest BCUT2D eigenvalue weighted by Crippen LogP contribution is -2.34. The molecule has 0 bridgehead atoms. The third-order valence-corrected chi connectivity index (χ3v) is 6.36. The fourth-order valence-corrected chi connectivity index (χ4v) is 4.76. The van der Waals surface area contributed by atoms with Gasteiger partial charge in [-0.05, 0) is 25.0 Å². The average Bonchev–Trinajstić information content (AvgIpc) is 2.85. The first-order valence-electron chi connectivity index (χ1n) is 9.50. The summed E-state index contributed by atoms with van der Waals surface area (Å²) in [5.41, 5.74) is 0.588. The number of anilines is 1. The quantitative estimate of drug-likeness (QED) is 0.426. The lowest BCUT2D eigenvalue weighted by molar-refractivity contribution is -0.384. The predicted molar refractivity (Wildman–Crippen MR) is 117 cm³/mol. The number of aliphatic imine (C=N–C) groups is 1. The van der Waals surface area contributed by atoms with E-state index >= 15 is 0 Å². The maximum absolute atomic E-state index is 12.4. The third-order valence-electron chi connectivity index (χ3n) is 5.15. The summed E-state index contributed by atoms with van der Waals surface area (Å²) in [6.45, 7) is 0. The van der Waals surface area contributed by atoms with Crippen LogP contribution in [-0.4, -0.2) is 45.8 Å². The SMILES string of the molecule is CN1C(=NC2CCCCCC2)SCC1CC(=O)Nc1ccc([N+](=O)[O-])cc1.Cl. The van der Waals surface area contributed by atoms with Crippen LogP contribution in [0.5, 0.6) is 0 Å². The van der Waals surface area contributed by atoms with Crippen LogP contribution in [0.2, 0.25) is 0 Å². The van der Waals surface area contributed by atoms with Gasteiger partial charge in [0.1, 0.15) is 0 Å². The zero-order valence-electron chi connectivity index (χ0n) is 16.0. The number of hydrogen-bond acceptors (Lipinski definition) is 5. The molecule has 1 atom stereocenters. The Morgan fingerprint density at radius 1 is 1.25 bits per heavy atom. The normalized spacial score (nSPS) is 21.8. The number of benzene rings is 1. The van der Waals surface area contributed by atoms with Crippen molar-refractivity contribution in [1.29, 1.82) is 0 Å². The number of hydrogen-bond donors (Lipinski definition) is 1. The van der Waals surface area contributed by atoms with Crippen molar-refractivity contribution in [3.8, 4) is 0 Å². The van der Waals surface area contributed by atoms with Gasteiger partial charge in [0.2, 0.25) is 5.91 Å². The second kappa shape index (κ2) is 10.7. The van der Waals surface area contributed by atoms with E-state index in [1.807, 2.05) is 7.05 Å². The van der Waals surface area contributed by atoms with E-state index in [4.69, 9.17) is 4.99 Å². The Labute approximate surface area is 175 Å². The maximum Gasteiger partial charge on any atom is 0.269 e. The summed E-state index contributed by atoms with van der Waals surface area (Å²) in [7, 11) is 2.01. The molecule has 1 heterocycles. The van der Waals surface area contributed by atoms with Crippen LogP contribution >= 0.6 is 24.2 Å². The molecule has 0 radical (unpaired) electrons. The van der Waals surface area contributed by atoms with E-state index in [0.717, 1.165) is 10.9 Å². The minimum atomic E-state index is -0.453. The molecule has 1 saturated heterocycles. The smallest absolute Gasteiger partial charge is 0.269 e. The van der Waals surface area contributed by atoms with Crippen LogP contribution in [0.15, 0.2) is 29.3 Å². The highest BCUT2D eigenvalue weighted by atomic mass is 35.5. The van der Waals surface area contributed by atoms with Crippen molar-refractivity contribution in [2.24, 2.45) is 4.99 Å². The van der Waals surface area contributed by atoms with Gasteiger partial charge in [-0.3, -0.25) is 19.9 Å². The summed E-state index contributed by atoms with van der Waals surface area (Å²) in [5, 5.41) is 14.6. The summed E-state index contributed by atoms with van der Waals surface area (Å²) in [4.78, 5) is 29.7. The second-order valence-corrected chi connectivity index (χ2v) is 8.18. The summed E-state index contributed by atoms with van der Waals surface area (Å²) in [6, 6.07) is 6.45. The van der Waals surface area contributed by atoms with Gasteiger partial charge in [0.15, 0.2) is 5.17 Å². The maximum atomic E-state index is 12.4. The molecule has 9 heteroatoms. The van der Waals surface area contributed by atoms with E-state index in [1.54, 1.807) is 23.9 Å². The molecule has 3 rings (SSSR count). The van der Waals surface area contributed by atoms with Crippen LogP contribution in [-0.2, 0) is 4.79 Å². The van der Waals surface area contributed by atoms with E-state index in [1.165, 1.54) is 50.7 Å². The Morgan fingerprint density at radius 3 is 2.50 bits per heavy atom. The lowest BCUT2D eigenvalue weighted by Gasteiger charge is -2.21. The summed E-state index contributed by atoms with van der Waals surface area (Å²) < 4.78 is 0. The Hall–Kier alpha value is -1.80. The minimum absolute atomic E-state index is 0. The first-order chi connectivity index (χ1) is 13.0. The van der Waals surface area contributed by atoms with Gasteiger partial charge in [0.25, 0.3) is 5.69 Å². The van der Waals surface area contributed by atoms with Crippen LogP contribution in [0.3, 0.4) is 0 Å². The number of nitrogens with zero attached hydrogens (tertiary/aromatic N) is 3. The van der Waals surface area contributed by atoms with Crippen molar-refractivity contribution >= 4 is 46.6 Å². The highest BCUT2D eigenvalue weighted by Crippen LogP contribution is 2.28. The second-order valence-electron chi connectivity index (χ2n) is 7.19. The molecule has 1 unspecified atom stereocenters. The number of non-ortho nitro benzene ring substituents is 1. The van der Waals surface area contributed by atoms with Crippen LogP contribution in [0.25, 0.3) is 0 Å². The Kier molecular flexibility index (Phi) is 8.57. The largest absolute Gasteiger partial charge is 0.350 e. The van der Waals surface area contributed by atoms with Crippen LogP contribution < -0.4 is 5.32 Å². The zero-order chi connectivity index (χ0) is 19.2. The van der Waals surface area contributed by atoms with Gasteiger partial charge in [-0.25, -0.2) is 0 Å². The third kappa shape index (κ3) is 6.10. The molecule has 28 heavy (non-hydrogen) atoms. The topological polar surface area (TPSA) is 87.8 Å². The van der Waals surface area contributed by atoms with E-state index < -0.39 is 4.92 Å². The van der Waals surface area contributed by atoms with E-state index in [-0.39, 0.29) is 30.0 Å². The molecule has 1 N–H and O–H groups in total. The summed E-state index contributed by atoms with van der Waals surface area (Å²) in [6.07, 6.45) is 7.87. The van der Waals surface area contributed by atoms with Crippen LogP contribution in [0.4, 0.5) is 11.4 Å². The van der Waals surface area contributed by atoms with Crippen molar-refractivity contribution in [3.05, 3.63) is 34.4 Å². The molecule has 2 fully saturated rings. The van der Waals surface area contributed by atoms with Gasteiger partial charge < -0.3 is 10.2 Å². The first kappa shape index (κ1) is 22.5. The molecule has 1 aromatic carbocycles. The fraction of sp³-hybridized carbons (Fsp3) is 0.579. The van der Waals surface area contributed by atoms with Gasteiger partial charge >= 0.3 is 0 Å². The van der Waals surface area contributed by atoms with Crippen molar-refractivity contribution in [3.63, 3.8) is 0 Å².